The zero-order chi connectivity index (χ0) is 15.4. The molecule has 2 nitrogen and oxygen atoms in total. The fourth-order valence-corrected chi connectivity index (χ4v) is 2.95. The Labute approximate surface area is 136 Å². The second kappa shape index (κ2) is 7.23. The predicted octanol–water partition coefficient (Wildman–Crippen LogP) is 3.80. The van der Waals surface area contributed by atoms with Gasteiger partial charge < -0.3 is 0 Å². The van der Waals surface area contributed by atoms with Crippen molar-refractivity contribution in [2.45, 2.75) is 13.1 Å². The Kier molecular flexibility index (Phi) is 5.08. The van der Waals surface area contributed by atoms with Crippen molar-refractivity contribution in [3.63, 3.8) is 0 Å². The maximum Gasteiger partial charge on any atom is 0.127 e. The first kappa shape index (κ1) is 15.5. The van der Waals surface area contributed by atoms with Gasteiger partial charge in [-0.25, -0.2) is 4.39 Å². The molecule has 0 radical (unpaired) electrons. The molecule has 2 aromatic carbocycles. The van der Waals surface area contributed by atoms with Gasteiger partial charge in [-0.1, -0.05) is 41.9 Å². The second-order valence-electron chi connectivity index (χ2n) is 5.77. The van der Waals surface area contributed by atoms with E-state index in [0.717, 1.165) is 43.3 Å². The summed E-state index contributed by atoms with van der Waals surface area (Å²) in [6.45, 7) is 5.62. The average Bonchev–Trinajstić information content (AvgIpc) is 2.54. The minimum atomic E-state index is -0.105. The van der Waals surface area contributed by atoms with Gasteiger partial charge in [-0.2, -0.15) is 0 Å². The summed E-state index contributed by atoms with van der Waals surface area (Å²) in [5, 5.41) is 0.776. The first-order valence-corrected chi connectivity index (χ1v) is 8.01. The van der Waals surface area contributed by atoms with Crippen LogP contribution in [0.4, 0.5) is 4.39 Å². The molecule has 116 valence electrons. The molecular formula is C18H20ClFN2. The molecule has 0 N–H and O–H groups in total. The Morgan fingerprint density at radius 3 is 2.05 bits per heavy atom. The van der Waals surface area contributed by atoms with E-state index in [-0.39, 0.29) is 5.82 Å². The minimum absolute atomic E-state index is 0.105. The monoisotopic (exact) mass is 318 g/mol. The molecule has 1 saturated heterocycles. The van der Waals surface area contributed by atoms with E-state index in [4.69, 9.17) is 11.6 Å². The van der Waals surface area contributed by atoms with Crippen LogP contribution in [0.3, 0.4) is 0 Å². The number of benzene rings is 2. The van der Waals surface area contributed by atoms with Crippen molar-refractivity contribution in [3.8, 4) is 0 Å². The summed E-state index contributed by atoms with van der Waals surface area (Å²) in [6.07, 6.45) is 0. The number of halogens is 2. The quantitative estimate of drug-likeness (QED) is 0.846. The van der Waals surface area contributed by atoms with E-state index in [1.807, 2.05) is 24.3 Å². The van der Waals surface area contributed by atoms with E-state index >= 15 is 0 Å². The van der Waals surface area contributed by atoms with Gasteiger partial charge in [0.1, 0.15) is 5.82 Å². The summed E-state index contributed by atoms with van der Waals surface area (Å²) in [6, 6.07) is 15.1. The van der Waals surface area contributed by atoms with Gasteiger partial charge in [-0.3, -0.25) is 9.80 Å². The van der Waals surface area contributed by atoms with Gasteiger partial charge >= 0.3 is 0 Å². The molecule has 1 aliphatic heterocycles. The number of hydrogen-bond acceptors (Lipinski definition) is 2. The first-order chi connectivity index (χ1) is 10.7. The highest BCUT2D eigenvalue weighted by molar-refractivity contribution is 6.30. The third-order valence-electron chi connectivity index (χ3n) is 4.14. The molecule has 0 aromatic heterocycles. The van der Waals surface area contributed by atoms with E-state index in [9.17, 15) is 4.39 Å². The summed E-state index contributed by atoms with van der Waals surface area (Å²) in [4.78, 5) is 4.75. The van der Waals surface area contributed by atoms with Crippen molar-refractivity contribution in [2.75, 3.05) is 26.2 Å². The summed E-state index contributed by atoms with van der Waals surface area (Å²) < 4.78 is 13.7. The number of hydrogen-bond donors (Lipinski definition) is 0. The lowest BCUT2D eigenvalue weighted by atomic mass is 10.1. The summed E-state index contributed by atoms with van der Waals surface area (Å²) in [5.74, 6) is -0.105. The SMILES string of the molecule is Fc1ccccc1CN1CCN(Cc2ccc(Cl)cc2)CC1. The lowest BCUT2D eigenvalue weighted by Gasteiger charge is -2.34. The van der Waals surface area contributed by atoms with E-state index in [0.29, 0.717) is 6.54 Å². The van der Waals surface area contributed by atoms with Crippen molar-refractivity contribution in [1.29, 1.82) is 0 Å². The normalized spacial score (nSPS) is 16.8. The molecule has 1 aliphatic rings. The van der Waals surface area contributed by atoms with Crippen LogP contribution in [0.2, 0.25) is 5.02 Å². The van der Waals surface area contributed by atoms with E-state index < -0.39 is 0 Å². The van der Waals surface area contributed by atoms with Crippen LogP contribution in [0.5, 0.6) is 0 Å². The van der Waals surface area contributed by atoms with Crippen LogP contribution < -0.4 is 0 Å². The van der Waals surface area contributed by atoms with Gasteiger partial charge in [0.25, 0.3) is 0 Å². The number of piperazine rings is 1. The van der Waals surface area contributed by atoms with Gasteiger partial charge in [-0.05, 0) is 23.8 Å². The molecular weight excluding hydrogens is 299 g/mol. The lowest BCUT2D eigenvalue weighted by Crippen LogP contribution is -2.45. The van der Waals surface area contributed by atoms with Crippen LogP contribution in [-0.4, -0.2) is 36.0 Å². The maximum atomic E-state index is 13.7. The molecule has 4 heteroatoms. The Balaban J connectivity index is 1.50. The highest BCUT2D eigenvalue weighted by atomic mass is 35.5. The molecule has 2 aromatic rings. The maximum absolute atomic E-state index is 13.7. The fraction of sp³-hybridized carbons (Fsp3) is 0.333. The molecule has 3 rings (SSSR count). The van der Waals surface area contributed by atoms with E-state index in [1.54, 1.807) is 6.07 Å². The highest BCUT2D eigenvalue weighted by Gasteiger charge is 2.17. The minimum Gasteiger partial charge on any atom is -0.297 e. The molecule has 0 saturated carbocycles. The van der Waals surface area contributed by atoms with Crippen LogP contribution in [0.25, 0.3) is 0 Å². The molecule has 0 aliphatic carbocycles. The second-order valence-corrected chi connectivity index (χ2v) is 6.21. The van der Waals surface area contributed by atoms with Crippen LogP contribution in [-0.2, 0) is 13.1 Å². The van der Waals surface area contributed by atoms with Crippen molar-refractivity contribution < 1.29 is 4.39 Å². The van der Waals surface area contributed by atoms with Gasteiger partial charge in [0.05, 0.1) is 0 Å². The topological polar surface area (TPSA) is 6.48 Å². The molecule has 1 heterocycles. The zero-order valence-electron chi connectivity index (χ0n) is 12.5. The third kappa shape index (κ3) is 4.07. The molecule has 0 unspecified atom stereocenters. The van der Waals surface area contributed by atoms with Gasteiger partial charge in [0.2, 0.25) is 0 Å². The van der Waals surface area contributed by atoms with E-state index in [1.165, 1.54) is 11.6 Å². The fourth-order valence-electron chi connectivity index (χ4n) is 2.82. The molecule has 0 amide bonds. The van der Waals surface area contributed by atoms with Crippen molar-refractivity contribution in [3.05, 3.63) is 70.5 Å². The smallest absolute Gasteiger partial charge is 0.127 e. The van der Waals surface area contributed by atoms with Crippen LogP contribution in [0.1, 0.15) is 11.1 Å². The van der Waals surface area contributed by atoms with Crippen molar-refractivity contribution in [2.24, 2.45) is 0 Å². The zero-order valence-corrected chi connectivity index (χ0v) is 13.3. The highest BCUT2D eigenvalue weighted by Crippen LogP contribution is 2.15. The average molecular weight is 319 g/mol. The summed E-state index contributed by atoms with van der Waals surface area (Å²) in [7, 11) is 0. The number of nitrogens with zero attached hydrogens (tertiary/aromatic N) is 2. The first-order valence-electron chi connectivity index (χ1n) is 7.63. The molecule has 0 spiro atoms. The van der Waals surface area contributed by atoms with Crippen molar-refractivity contribution >= 4 is 11.6 Å². The Morgan fingerprint density at radius 2 is 1.41 bits per heavy atom. The third-order valence-corrected chi connectivity index (χ3v) is 4.39. The Hall–Kier alpha value is -1.42. The summed E-state index contributed by atoms with van der Waals surface area (Å²) in [5.41, 5.74) is 2.07. The molecule has 22 heavy (non-hydrogen) atoms. The number of rotatable bonds is 4. The van der Waals surface area contributed by atoms with Gasteiger partial charge in [0.15, 0.2) is 0 Å². The molecule has 1 fully saturated rings. The summed E-state index contributed by atoms with van der Waals surface area (Å²) >= 11 is 5.91. The Morgan fingerprint density at radius 1 is 0.818 bits per heavy atom. The lowest BCUT2D eigenvalue weighted by molar-refractivity contribution is 0.121. The largest absolute Gasteiger partial charge is 0.297 e. The van der Waals surface area contributed by atoms with Crippen LogP contribution in [0.15, 0.2) is 48.5 Å². The van der Waals surface area contributed by atoms with Crippen molar-refractivity contribution in [1.82, 2.24) is 9.80 Å². The predicted molar refractivity (Wildman–Crippen MR) is 88.4 cm³/mol. The van der Waals surface area contributed by atoms with Crippen LogP contribution in [0, 0.1) is 5.82 Å². The van der Waals surface area contributed by atoms with Gasteiger partial charge in [0, 0.05) is 49.9 Å². The molecule has 0 atom stereocenters. The van der Waals surface area contributed by atoms with Crippen LogP contribution >= 0.6 is 11.6 Å². The Bertz CT molecular complexity index is 607. The van der Waals surface area contributed by atoms with E-state index in [2.05, 4.69) is 21.9 Å². The van der Waals surface area contributed by atoms with Gasteiger partial charge in [-0.15, -0.1) is 0 Å². The standard InChI is InChI=1S/C18H20ClFN2/c19-17-7-5-15(6-8-17)13-21-9-11-22(12-10-21)14-16-3-1-2-4-18(16)20/h1-8H,9-14H2. The molecule has 0 bridgehead atoms.